The minimum Gasteiger partial charge on any atom is -0.398 e. The number of carbonyl (C=O) groups is 1. The van der Waals surface area contributed by atoms with Crippen LogP contribution >= 0.6 is 38.5 Å². The normalized spacial score (nSPS) is 10.3. The number of rotatable bonds is 2. The number of benzene rings is 2. The van der Waals surface area contributed by atoms with Crippen LogP contribution in [-0.4, -0.2) is 5.91 Å². The number of amides is 1. The fourth-order valence-corrected chi connectivity index (χ4v) is 2.56. The van der Waals surface area contributed by atoms with E-state index in [2.05, 4.69) is 21.2 Å². The van der Waals surface area contributed by atoms with E-state index in [-0.39, 0.29) is 11.7 Å². The Hall–Kier alpha value is -1.15. The van der Waals surface area contributed by atoms with Gasteiger partial charge in [-0.2, -0.15) is 0 Å². The molecule has 0 aromatic heterocycles. The lowest BCUT2D eigenvalue weighted by Crippen LogP contribution is -2.14. The highest BCUT2D eigenvalue weighted by Crippen LogP contribution is 2.25. The summed E-state index contributed by atoms with van der Waals surface area (Å²) in [6.45, 7) is 0. The van der Waals surface area contributed by atoms with Crippen molar-refractivity contribution in [1.82, 2.24) is 0 Å². The van der Waals surface area contributed by atoms with Gasteiger partial charge in [-0.3, -0.25) is 4.79 Å². The predicted octanol–water partition coefficient (Wildman–Crippen LogP) is 4.03. The van der Waals surface area contributed by atoms with Gasteiger partial charge in [0.2, 0.25) is 0 Å². The number of halogens is 3. The minimum absolute atomic E-state index is 0.302. The summed E-state index contributed by atoms with van der Waals surface area (Å²) in [5.74, 6) is -0.642. The van der Waals surface area contributed by atoms with Crippen LogP contribution in [0.3, 0.4) is 0 Å². The van der Waals surface area contributed by atoms with Crippen LogP contribution in [0.25, 0.3) is 0 Å². The molecule has 0 aliphatic carbocycles. The molecule has 0 aliphatic heterocycles. The van der Waals surface area contributed by atoms with Crippen LogP contribution in [0.15, 0.2) is 40.9 Å². The largest absolute Gasteiger partial charge is 0.398 e. The molecule has 2 aromatic rings. The maximum atomic E-state index is 13.0. The molecule has 3 nitrogen and oxygen atoms in total. The van der Waals surface area contributed by atoms with Gasteiger partial charge in [-0.25, -0.2) is 4.39 Å². The Morgan fingerprint density at radius 2 is 2.05 bits per heavy atom. The number of carbonyl (C=O) groups excluding carboxylic acids is 1. The molecule has 19 heavy (non-hydrogen) atoms. The highest BCUT2D eigenvalue weighted by Gasteiger charge is 2.13. The molecule has 0 fully saturated rings. The Bertz CT molecular complexity index is 649. The first-order valence-corrected chi connectivity index (χ1v) is 7.16. The second-order valence-corrected chi connectivity index (χ2v) is 5.74. The summed E-state index contributed by atoms with van der Waals surface area (Å²) in [6.07, 6.45) is 0. The molecule has 0 spiro atoms. The third-order valence-electron chi connectivity index (χ3n) is 2.45. The number of hydrogen-bond acceptors (Lipinski definition) is 2. The van der Waals surface area contributed by atoms with Crippen molar-refractivity contribution in [3.63, 3.8) is 0 Å². The molecule has 1 amide bonds. The Balaban J connectivity index is 2.28. The summed E-state index contributed by atoms with van der Waals surface area (Å²) in [7, 11) is 0. The third-order valence-corrected chi connectivity index (χ3v) is 4.23. The van der Waals surface area contributed by atoms with Crippen molar-refractivity contribution < 1.29 is 9.18 Å². The zero-order valence-corrected chi connectivity index (χ0v) is 13.3. The average molecular weight is 435 g/mol. The van der Waals surface area contributed by atoms with Gasteiger partial charge < -0.3 is 11.1 Å². The molecular formula is C13H9BrFIN2O. The SMILES string of the molecule is Nc1cccc(C(=O)Nc2ccc(F)cc2I)c1Br. The highest BCUT2D eigenvalue weighted by atomic mass is 127. The van der Waals surface area contributed by atoms with Crippen molar-refractivity contribution >= 4 is 55.8 Å². The van der Waals surface area contributed by atoms with E-state index in [0.29, 0.717) is 25.0 Å². The molecular weight excluding hydrogens is 426 g/mol. The van der Waals surface area contributed by atoms with Gasteiger partial charge in [0, 0.05) is 9.26 Å². The zero-order chi connectivity index (χ0) is 14.0. The van der Waals surface area contributed by atoms with E-state index < -0.39 is 0 Å². The van der Waals surface area contributed by atoms with E-state index in [1.54, 1.807) is 18.2 Å². The summed E-state index contributed by atoms with van der Waals surface area (Å²) < 4.78 is 14.2. The van der Waals surface area contributed by atoms with Crippen molar-refractivity contribution in [3.05, 3.63) is 55.8 Å². The zero-order valence-electron chi connectivity index (χ0n) is 9.58. The smallest absolute Gasteiger partial charge is 0.256 e. The minimum atomic E-state index is -0.340. The molecule has 0 aliphatic rings. The van der Waals surface area contributed by atoms with Crippen molar-refractivity contribution in [3.8, 4) is 0 Å². The van der Waals surface area contributed by atoms with Crippen LogP contribution in [0.1, 0.15) is 10.4 Å². The molecule has 0 atom stereocenters. The maximum absolute atomic E-state index is 13.0. The Kier molecular flexibility index (Phi) is 4.41. The lowest BCUT2D eigenvalue weighted by Gasteiger charge is -2.09. The number of nitrogens with two attached hydrogens (primary N) is 1. The topological polar surface area (TPSA) is 55.1 Å². The summed E-state index contributed by atoms with van der Waals surface area (Å²) in [5.41, 5.74) is 7.20. The van der Waals surface area contributed by atoms with Gasteiger partial charge in [0.15, 0.2) is 0 Å². The first kappa shape index (κ1) is 14.3. The second-order valence-electron chi connectivity index (χ2n) is 3.79. The number of anilines is 2. The van der Waals surface area contributed by atoms with Gasteiger partial charge in [-0.15, -0.1) is 0 Å². The van der Waals surface area contributed by atoms with Crippen LogP contribution in [-0.2, 0) is 0 Å². The van der Waals surface area contributed by atoms with Crippen LogP contribution in [0.4, 0.5) is 15.8 Å². The first-order chi connectivity index (χ1) is 8.99. The molecule has 0 saturated heterocycles. The summed E-state index contributed by atoms with van der Waals surface area (Å²) in [4.78, 5) is 12.1. The van der Waals surface area contributed by atoms with Crippen molar-refractivity contribution in [2.24, 2.45) is 0 Å². The number of nitrogen functional groups attached to an aromatic ring is 1. The van der Waals surface area contributed by atoms with Crippen molar-refractivity contribution in [2.45, 2.75) is 0 Å². The van der Waals surface area contributed by atoms with Crippen molar-refractivity contribution in [2.75, 3.05) is 11.1 Å². The summed E-state index contributed by atoms with van der Waals surface area (Å²) >= 11 is 5.24. The Labute approximate surface area is 131 Å². The number of nitrogens with one attached hydrogen (secondary N) is 1. The average Bonchev–Trinajstić information content (AvgIpc) is 2.36. The Morgan fingerprint density at radius 1 is 1.32 bits per heavy atom. The molecule has 3 N–H and O–H groups in total. The van der Waals surface area contributed by atoms with Crippen LogP contribution in [0.5, 0.6) is 0 Å². The molecule has 2 aromatic carbocycles. The van der Waals surface area contributed by atoms with Gasteiger partial charge in [-0.05, 0) is 68.9 Å². The maximum Gasteiger partial charge on any atom is 0.256 e. The van der Waals surface area contributed by atoms with Gasteiger partial charge in [0.25, 0.3) is 5.91 Å². The lowest BCUT2D eigenvalue weighted by atomic mass is 10.2. The van der Waals surface area contributed by atoms with E-state index >= 15 is 0 Å². The summed E-state index contributed by atoms with van der Waals surface area (Å²) in [6, 6.07) is 9.23. The lowest BCUT2D eigenvalue weighted by molar-refractivity contribution is 0.102. The predicted molar refractivity (Wildman–Crippen MR) is 85.6 cm³/mol. The van der Waals surface area contributed by atoms with E-state index in [9.17, 15) is 9.18 Å². The van der Waals surface area contributed by atoms with E-state index in [4.69, 9.17) is 5.73 Å². The van der Waals surface area contributed by atoms with E-state index in [1.807, 2.05) is 22.6 Å². The summed E-state index contributed by atoms with van der Waals surface area (Å²) in [5, 5.41) is 2.72. The van der Waals surface area contributed by atoms with Crippen LogP contribution in [0.2, 0.25) is 0 Å². The fraction of sp³-hybridized carbons (Fsp3) is 0. The second kappa shape index (κ2) is 5.87. The fourth-order valence-electron chi connectivity index (χ4n) is 1.51. The molecule has 0 unspecified atom stereocenters. The van der Waals surface area contributed by atoms with Gasteiger partial charge >= 0.3 is 0 Å². The molecule has 98 valence electrons. The quantitative estimate of drug-likeness (QED) is 0.553. The standard InChI is InChI=1S/C13H9BrFIN2O/c14-12-8(2-1-3-10(12)17)13(19)18-11-5-4-7(15)6-9(11)16/h1-6H,17H2,(H,18,19). The van der Waals surface area contributed by atoms with E-state index in [1.165, 1.54) is 18.2 Å². The van der Waals surface area contributed by atoms with Gasteiger partial charge in [0.1, 0.15) is 5.82 Å². The number of hydrogen-bond donors (Lipinski definition) is 2. The Morgan fingerprint density at radius 3 is 2.74 bits per heavy atom. The highest BCUT2D eigenvalue weighted by molar-refractivity contribution is 14.1. The third kappa shape index (κ3) is 3.24. The molecule has 0 heterocycles. The van der Waals surface area contributed by atoms with Crippen LogP contribution in [0, 0.1) is 9.39 Å². The molecule has 2 rings (SSSR count). The molecule has 6 heteroatoms. The van der Waals surface area contributed by atoms with Crippen molar-refractivity contribution in [1.29, 1.82) is 0 Å². The molecule has 0 bridgehead atoms. The monoisotopic (exact) mass is 434 g/mol. The van der Waals surface area contributed by atoms with Gasteiger partial charge in [0.05, 0.1) is 15.7 Å². The van der Waals surface area contributed by atoms with Gasteiger partial charge in [-0.1, -0.05) is 6.07 Å². The van der Waals surface area contributed by atoms with Crippen LogP contribution < -0.4 is 11.1 Å². The van der Waals surface area contributed by atoms with E-state index in [0.717, 1.165) is 0 Å². The molecule has 0 saturated carbocycles. The first-order valence-electron chi connectivity index (χ1n) is 5.29. The molecule has 0 radical (unpaired) electrons.